The molecule has 0 unspecified atom stereocenters. The van der Waals surface area contributed by atoms with E-state index in [-0.39, 0.29) is 17.1 Å². The molecular weight excluding hydrogens is 296 g/mol. The third-order valence-electron chi connectivity index (χ3n) is 2.46. The van der Waals surface area contributed by atoms with E-state index in [2.05, 4.69) is 14.7 Å². The minimum atomic E-state index is -3.72. The second-order valence-corrected chi connectivity index (χ2v) is 6.67. The van der Waals surface area contributed by atoms with Crippen molar-refractivity contribution in [1.82, 2.24) is 14.7 Å². The number of aromatic nitrogens is 2. The van der Waals surface area contributed by atoms with Gasteiger partial charge in [0.25, 0.3) is 0 Å². The SMILES string of the molecule is Cc1csc(CCNS(=O)(=O)c2cccnc2C#N)n1. The summed E-state index contributed by atoms with van der Waals surface area (Å²) >= 11 is 1.49. The number of nitrogens with one attached hydrogen (secondary N) is 1. The van der Waals surface area contributed by atoms with Crippen LogP contribution in [0.25, 0.3) is 0 Å². The van der Waals surface area contributed by atoms with Gasteiger partial charge in [0.1, 0.15) is 11.0 Å². The molecule has 0 saturated carbocycles. The molecule has 0 atom stereocenters. The topological polar surface area (TPSA) is 95.7 Å². The third-order valence-corrected chi connectivity index (χ3v) is 4.98. The van der Waals surface area contributed by atoms with Crippen LogP contribution in [0.3, 0.4) is 0 Å². The molecule has 104 valence electrons. The lowest BCUT2D eigenvalue weighted by atomic mass is 10.4. The molecule has 1 N–H and O–H groups in total. The van der Waals surface area contributed by atoms with Crippen LogP contribution in [0.2, 0.25) is 0 Å². The fraction of sp³-hybridized carbons (Fsp3) is 0.250. The highest BCUT2D eigenvalue weighted by molar-refractivity contribution is 7.89. The molecule has 8 heteroatoms. The number of pyridine rings is 1. The predicted octanol–water partition coefficient (Wildman–Crippen LogP) is 1.24. The Morgan fingerprint density at radius 2 is 2.30 bits per heavy atom. The van der Waals surface area contributed by atoms with Gasteiger partial charge in [0.05, 0.1) is 5.01 Å². The number of nitriles is 1. The molecule has 6 nitrogen and oxygen atoms in total. The number of hydrogen-bond donors (Lipinski definition) is 1. The summed E-state index contributed by atoms with van der Waals surface area (Å²) in [6.45, 7) is 2.12. The molecule has 0 aromatic carbocycles. The zero-order valence-corrected chi connectivity index (χ0v) is 12.3. The molecule has 0 spiro atoms. The van der Waals surface area contributed by atoms with Gasteiger partial charge in [-0.05, 0) is 19.1 Å². The Labute approximate surface area is 121 Å². The molecule has 2 aromatic heterocycles. The van der Waals surface area contributed by atoms with Crippen LogP contribution in [-0.4, -0.2) is 24.9 Å². The van der Waals surface area contributed by atoms with E-state index in [0.717, 1.165) is 10.7 Å². The van der Waals surface area contributed by atoms with Gasteiger partial charge < -0.3 is 0 Å². The maximum absolute atomic E-state index is 12.1. The highest BCUT2D eigenvalue weighted by Crippen LogP contribution is 2.12. The monoisotopic (exact) mass is 308 g/mol. The van der Waals surface area contributed by atoms with Crippen molar-refractivity contribution in [3.63, 3.8) is 0 Å². The number of sulfonamides is 1. The summed E-state index contributed by atoms with van der Waals surface area (Å²) in [6.07, 6.45) is 1.90. The Balaban J connectivity index is 2.06. The Bertz CT molecular complexity index is 747. The molecule has 0 aliphatic rings. The summed E-state index contributed by atoms with van der Waals surface area (Å²) < 4.78 is 26.6. The fourth-order valence-electron chi connectivity index (χ4n) is 1.58. The summed E-state index contributed by atoms with van der Waals surface area (Å²) in [5, 5.41) is 11.7. The maximum atomic E-state index is 12.1. The fourth-order valence-corrected chi connectivity index (χ4v) is 3.49. The standard InChI is InChI=1S/C12H12N4O2S2/c1-9-8-19-12(16-9)4-6-15-20(17,18)11-3-2-5-14-10(11)7-13/h2-3,5,8,15H,4,6H2,1H3. The highest BCUT2D eigenvalue weighted by atomic mass is 32.2. The van der Waals surface area contributed by atoms with Crippen molar-refractivity contribution >= 4 is 21.4 Å². The Hall–Kier alpha value is -1.82. The van der Waals surface area contributed by atoms with Crippen LogP contribution in [0, 0.1) is 18.3 Å². The average Bonchev–Trinajstić information content (AvgIpc) is 2.84. The first-order valence-corrected chi connectivity index (χ1v) is 8.15. The number of hydrogen-bond acceptors (Lipinski definition) is 6. The van der Waals surface area contributed by atoms with Crippen LogP contribution in [0.1, 0.15) is 16.4 Å². The summed E-state index contributed by atoms with van der Waals surface area (Å²) in [6, 6.07) is 4.62. The predicted molar refractivity (Wildman–Crippen MR) is 74.7 cm³/mol. The first-order valence-electron chi connectivity index (χ1n) is 5.79. The second kappa shape index (κ2) is 6.09. The van der Waals surface area contributed by atoms with Crippen molar-refractivity contribution in [3.8, 4) is 6.07 Å². The lowest BCUT2D eigenvalue weighted by Gasteiger charge is -2.06. The van der Waals surface area contributed by atoms with Gasteiger partial charge in [0.2, 0.25) is 10.0 Å². The molecule has 2 aromatic rings. The molecule has 0 amide bonds. The van der Waals surface area contributed by atoms with Gasteiger partial charge in [-0.15, -0.1) is 11.3 Å². The van der Waals surface area contributed by atoms with Crippen molar-refractivity contribution in [2.45, 2.75) is 18.2 Å². The van der Waals surface area contributed by atoms with E-state index in [0.29, 0.717) is 6.42 Å². The van der Waals surface area contributed by atoms with Crippen molar-refractivity contribution in [2.75, 3.05) is 6.54 Å². The quantitative estimate of drug-likeness (QED) is 0.896. The van der Waals surface area contributed by atoms with Crippen LogP contribution in [-0.2, 0) is 16.4 Å². The van der Waals surface area contributed by atoms with Crippen LogP contribution < -0.4 is 4.72 Å². The van der Waals surface area contributed by atoms with Gasteiger partial charge in [-0.1, -0.05) is 0 Å². The average molecular weight is 308 g/mol. The molecule has 0 fully saturated rings. The van der Waals surface area contributed by atoms with Crippen LogP contribution in [0.5, 0.6) is 0 Å². The highest BCUT2D eigenvalue weighted by Gasteiger charge is 2.18. The molecule has 0 aliphatic heterocycles. The number of nitrogens with zero attached hydrogens (tertiary/aromatic N) is 3. The summed E-state index contributed by atoms with van der Waals surface area (Å²) in [5.74, 6) is 0. The lowest BCUT2D eigenvalue weighted by molar-refractivity contribution is 0.581. The first kappa shape index (κ1) is 14.6. The Morgan fingerprint density at radius 3 is 2.95 bits per heavy atom. The normalized spacial score (nSPS) is 11.2. The molecule has 20 heavy (non-hydrogen) atoms. The molecule has 0 aliphatic carbocycles. The molecule has 0 bridgehead atoms. The zero-order valence-electron chi connectivity index (χ0n) is 10.7. The first-order chi connectivity index (χ1) is 9.53. The Morgan fingerprint density at radius 1 is 1.50 bits per heavy atom. The van der Waals surface area contributed by atoms with Crippen molar-refractivity contribution in [3.05, 3.63) is 40.1 Å². The molecule has 2 rings (SSSR count). The molecular formula is C12H12N4O2S2. The second-order valence-electron chi connectivity index (χ2n) is 3.99. The molecule has 0 saturated heterocycles. The van der Waals surface area contributed by atoms with Gasteiger partial charge >= 0.3 is 0 Å². The van der Waals surface area contributed by atoms with Gasteiger partial charge in [-0.2, -0.15) is 5.26 Å². The van der Waals surface area contributed by atoms with Crippen LogP contribution in [0.4, 0.5) is 0 Å². The summed E-state index contributed by atoms with van der Waals surface area (Å²) in [5.41, 5.74) is 0.817. The van der Waals surface area contributed by atoms with Crippen LogP contribution in [0.15, 0.2) is 28.6 Å². The minimum Gasteiger partial charge on any atom is -0.247 e. The van der Waals surface area contributed by atoms with Crippen LogP contribution >= 0.6 is 11.3 Å². The van der Waals surface area contributed by atoms with E-state index in [1.54, 1.807) is 6.07 Å². The molecule has 2 heterocycles. The van der Waals surface area contributed by atoms with E-state index in [9.17, 15) is 8.42 Å². The van der Waals surface area contributed by atoms with E-state index < -0.39 is 10.0 Å². The number of thiazole rings is 1. The number of aryl methyl sites for hydroxylation is 1. The third kappa shape index (κ3) is 3.39. The van der Waals surface area contributed by atoms with Crippen molar-refractivity contribution in [1.29, 1.82) is 5.26 Å². The largest absolute Gasteiger partial charge is 0.247 e. The van der Waals surface area contributed by atoms with Gasteiger partial charge in [0.15, 0.2) is 5.69 Å². The molecule has 0 radical (unpaired) electrons. The van der Waals surface area contributed by atoms with E-state index in [1.807, 2.05) is 12.3 Å². The van der Waals surface area contributed by atoms with Gasteiger partial charge in [-0.25, -0.2) is 23.1 Å². The van der Waals surface area contributed by atoms with E-state index in [4.69, 9.17) is 5.26 Å². The zero-order chi connectivity index (χ0) is 14.6. The van der Waals surface area contributed by atoms with Gasteiger partial charge in [0, 0.05) is 30.2 Å². The Kier molecular flexibility index (Phi) is 4.44. The van der Waals surface area contributed by atoms with Crippen molar-refractivity contribution in [2.24, 2.45) is 0 Å². The smallest absolute Gasteiger partial charge is 0.243 e. The maximum Gasteiger partial charge on any atom is 0.243 e. The number of rotatable bonds is 5. The summed E-state index contributed by atoms with van der Waals surface area (Å²) in [7, 11) is -3.72. The summed E-state index contributed by atoms with van der Waals surface area (Å²) in [4.78, 5) is 7.90. The van der Waals surface area contributed by atoms with E-state index in [1.165, 1.54) is 29.7 Å². The van der Waals surface area contributed by atoms with E-state index >= 15 is 0 Å². The van der Waals surface area contributed by atoms with Gasteiger partial charge in [-0.3, -0.25) is 0 Å². The lowest BCUT2D eigenvalue weighted by Crippen LogP contribution is -2.26. The minimum absolute atomic E-state index is 0.0992. The van der Waals surface area contributed by atoms with Crippen molar-refractivity contribution < 1.29 is 8.42 Å².